The van der Waals surface area contributed by atoms with Gasteiger partial charge in [0.05, 0.1) is 10.0 Å². The van der Waals surface area contributed by atoms with Gasteiger partial charge in [0.15, 0.2) is 5.78 Å². The van der Waals surface area contributed by atoms with Crippen LogP contribution in [0.25, 0.3) is 0 Å². The fraction of sp³-hybridized carbons (Fsp3) is 0.333. The number of ketones is 1. The molecule has 0 N–H and O–H groups in total. The molecule has 156 valence electrons. The van der Waals surface area contributed by atoms with E-state index in [1.165, 1.54) is 11.8 Å². The smallest absolute Gasteiger partial charge is 0.152 e. The van der Waals surface area contributed by atoms with Gasteiger partial charge in [-0.15, -0.1) is 23.5 Å². The first-order chi connectivity index (χ1) is 13.8. The second kappa shape index (κ2) is 14.6. The Labute approximate surface area is 190 Å². The molecule has 2 heterocycles. The van der Waals surface area contributed by atoms with Crippen LogP contribution in [-0.2, 0) is 9.59 Å². The molecular weight excluding hydrogens is 447 g/mol. The third kappa shape index (κ3) is 11.4. The van der Waals surface area contributed by atoms with E-state index < -0.39 is 0 Å². The molecule has 2 aromatic rings. The number of halogens is 2. The van der Waals surface area contributed by atoms with Crippen LogP contribution in [0.2, 0.25) is 10.0 Å². The molecule has 0 fully saturated rings. The summed E-state index contributed by atoms with van der Waals surface area (Å²) in [5.74, 6) is 1.69. The van der Waals surface area contributed by atoms with Crippen molar-refractivity contribution in [3.63, 3.8) is 0 Å². The Morgan fingerprint density at radius 3 is 1.86 bits per heavy atom. The number of aryl methyl sites for hydroxylation is 2. The highest BCUT2D eigenvalue weighted by atomic mass is 35.5. The molecule has 0 aliphatic carbocycles. The summed E-state index contributed by atoms with van der Waals surface area (Å²) in [5.41, 5.74) is 2.11. The zero-order chi connectivity index (χ0) is 21.6. The molecule has 4 nitrogen and oxygen atoms in total. The van der Waals surface area contributed by atoms with Crippen molar-refractivity contribution in [2.24, 2.45) is 0 Å². The summed E-state index contributed by atoms with van der Waals surface area (Å²) in [4.78, 5) is 29.1. The number of hydrogen-bond donors (Lipinski definition) is 0. The highest BCUT2D eigenvalue weighted by Gasteiger charge is 2.02. The first-order valence-electron chi connectivity index (χ1n) is 8.94. The number of pyridine rings is 2. The number of carbonyl (C=O) groups excluding carboxylic acids is 2. The van der Waals surface area contributed by atoms with Crippen molar-refractivity contribution in [3.8, 4) is 0 Å². The number of nitrogens with zero attached hydrogens (tertiary/aromatic N) is 2. The first kappa shape index (κ1) is 25.7. The lowest BCUT2D eigenvalue weighted by molar-refractivity contribution is -0.112. The van der Waals surface area contributed by atoms with E-state index in [1.807, 2.05) is 32.1 Å². The van der Waals surface area contributed by atoms with E-state index in [2.05, 4.69) is 9.97 Å². The minimum atomic E-state index is 0.0801. The maximum atomic E-state index is 10.6. The van der Waals surface area contributed by atoms with Gasteiger partial charge in [-0.2, -0.15) is 0 Å². The van der Waals surface area contributed by atoms with E-state index >= 15 is 0 Å². The van der Waals surface area contributed by atoms with Crippen molar-refractivity contribution in [3.05, 3.63) is 57.9 Å². The molecule has 0 spiro atoms. The molecule has 0 bridgehead atoms. The van der Waals surface area contributed by atoms with Crippen LogP contribution >= 0.6 is 46.7 Å². The molecule has 29 heavy (non-hydrogen) atoms. The first-order valence-corrected chi connectivity index (χ1v) is 11.7. The predicted octanol–water partition coefficient (Wildman–Crippen LogP) is 6.40. The summed E-state index contributed by atoms with van der Waals surface area (Å²) in [6, 6.07) is 3.78. The Kier molecular flexibility index (Phi) is 12.9. The van der Waals surface area contributed by atoms with Gasteiger partial charge in [-0.3, -0.25) is 4.79 Å². The minimum absolute atomic E-state index is 0.0801. The van der Waals surface area contributed by atoms with Crippen LogP contribution in [0.4, 0.5) is 0 Å². The van der Waals surface area contributed by atoms with Crippen molar-refractivity contribution in [1.29, 1.82) is 0 Å². The van der Waals surface area contributed by atoms with Crippen molar-refractivity contribution in [2.45, 2.75) is 43.7 Å². The molecule has 8 heteroatoms. The van der Waals surface area contributed by atoms with Crippen molar-refractivity contribution in [2.75, 3.05) is 11.5 Å². The summed E-state index contributed by atoms with van der Waals surface area (Å²) in [6.45, 7) is 5.45. The summed E-state index contributed by atoms with van der Waals surface area (Å²) in [7, 11) is 0. The molecule has 2 rings (SSSR count). The van der Waals surface area contributed by atoms with Gasteiger partial charge < -0.3 is 4.79 Å². The molecule has 0 amide bonds. The van der Waals surface area contributed by atoms with Gasteiger partial charge in [0.2, 0.25) is 0 Å². The number of thioether (sulfide) groups is 2. The molecular formula is C21H24Cl2N2O2S2. The lowest BCUT2D eigenvalue weighted by Gasteiger charge is -2.02. The Morgan fingerprint density at radius 2 is 1.45 bits per heavy atom. The number of allylic oxidation sites excluding steroid dienone is 2. The highest BCUT2D eigenvalue weighted by molar-refractivity contribution is 7.99. The Morgan fingerprint density at radius 1 is 0.966 bits per heavy atom. The molecule has 0 radical (unpaired) electrons. The van der Waals surface area contributed by atoms with Gasteiger partial charge in [0.1, 0.15) is 16.3 Å². The van der Waals surface area contributed by atoms with Crippen molar-refractivity contribution >= 4 is 58.8 Å². The molecule has 0 atom stereocenters. The molecule has 2 aromatic heterocycles. The van der Waals surface area contributed by atoms with Gasteiger partial charge >= 0.3 is 0 Å². The Bertz CT molecular complexity index is 845. The summed E-state index contributed by atoms with van der Waals surface area (Å²) in [5, 5.41) is 3.01. The van der Waals surface area contributed by atoms with E-state index in [9.17, 15) is 9.59 Å². The lowest BCUT2D eigenvalue weighted by Crippen LogP contribution is -1.86. The standard InChI is InChI=1S/C12H14ClNOS.C9H10ClNOS/c1-9-7-11(13)12(14-8-9)16-6-4-3-5-10(2)15;1-7-5-8(10)9(11-6-7)13-4-2-3-12/h3,5,7-8H,4,6H2,1-2H3;3,5-6H,2,4H2,1H3/b5-3+;. The zero-order valence-corrected chi connectivity index (χ0v) is 19.8. The van der Waals surface area contributed by atoms with E-state index in [4.69, 9.17) is 23.2 Å². The third-order valence-corrected chi connectivity index (χ3v) is 6.12. The molecule has 0 aliphatic rings. The van der Waals surface area contributed by atoms with Crippen LogP contribution in [0.1, 0.15) is 30.9 Å². The van der Waals surface area contributed by atoms with Gasteiger partial charge in [0, 0.05) is 30.3 Å². The van der Waals surface area contributed by atoms with Crippen LogP contribution < -0.4 is 0 Å². The van der Waals surface area contributed by atoms with Crippen LogP contribution in [0.5, 0.6) is 0 Å². The third-order valence-electron chi connectivity index (χ3n) is 3.24. The van der Waals surface area contributed by atoms with Crippen LogP contribution in [0.3, 0.4) is 0 Å². The average molecular weight is 471 g/mol. The van der Waals surface area contributed by atoms with E-state index in [0.29, 0.717) is 16.5 Å². The average Bonchev–Trinajstić information content (AvgIpc) is 2.65. The largest absolute Gasteiger partial charge is 0.303 e. The Balaban J connectivity index is 0.000000296. The SMILES string of the molecule is CC(=O)/C=C/CCSc1ncc(C)cc1Cl.Cc1cnc(SCCC=O)c(Cl)c1. The maximum absolute atomic E-state index is 10.6. The second-order valence-corrected chi connectivity index (χ2v) is 9.03. The van der Waals surface area contributed by atoms with Gasteiger partial charge in [0.25, 0.3) is 0 Å². The summed E-state index contributed by atoms with van der Waals surface area (Å²) >= 11 is 15.1. The molecule has 0 saturated carbocycles. The number of aldehydes is 1. The quantitative estimate of drug-likeness (QED) is 0.183. The monoisotopic (exact) mass is 470 g/mol. The number of aromatic nitrogens is 2. The normalized spacial score (nSPS) is 10.5. The van der Waals surface area contributed by atoms with Crippen molar-refractivity contribution < 1.29 is 9.59 Å². The van der Waals surface area contributed by atoms with Crippen molar-refractivity contribution in [1.82, 2.24) is 9.97 Å². The summed E-state index contributed by atoms with van der Waals surface area (Å²) in [6.07, 6.45) is 9.32. The summed E-state index contributed by atoms with van der Waals surface area (Å²) < 4.78 is 0. The van der Waals surface area contributed by atoms with E-state index in [-0.39, 0.29) is 5.78 Å². The van der Waals surface area contributed by atoms with Crippen LogP contribution in [0.15, 0.2) is 46.7 Å². The molecule has 0 unspecified atom stereocenters. The minimum Gasteiger partial charge on any atom is -0.303 e. The zero-order valence-electron chi connectivity index (χ0n) is 16.7. The van der Waals surface area contributed by atoms with Crippen LogP contribution in [-0.4, -0.2) is 33.5 Å². The number of rotatable bonds is 9. The number of hydrogen-bond acceptors (Lipinski definition) is 6. The fourth-order valence-corrected chi connectivity index (χ4v) is 4.20. The van der Waals surface area contributed by atoms with Gasteiger partial charge in [-0.05, 0) is 56.5 Å². The maximum Gasteiger partial charge on any atom is 0.152 e. The van der Waals surface area contributed by atoms with Crippen LogP contribution in [0, 0.1) is 13.8 Å². The van der Waals surface area contributed by atoms with E-state index in [0.717, 1.165) is 45.4 Å². The number of carbonyl (C=O) groups is 2. The Hall–Kier alpha value is -1.34. The molecule has 0 aromatic carbocycles. The lowest BCUT2D eigenvalue weighted by atomic mass is 10.3. The molecule has 0 aliphatic heterocycles. The van der Waals surface area contributed by atoms with E-state index in [1.54, 1.807) is 37.2 Å². The predicted molar refractivity (Wildman–Crippen MR) is 125 cm³/mol. The fourth-order valence-electron chi connectivity index (χ4n) is 1.93. The highest BCUT2D eigenvalue weighted by Crippen LogP contribution is 2.26. The second-order valence-electron chi connectivity index (χ2n) is 6.05. The molecule has 0 saturated heterocycles. The topological polar surface area (TPSA) is 59.9 Å². The van der Waals surface area contributed by atoms with Gasteiger partial charge in [-0.25, -0.2) is 9.97 Å². The van der Waals surface area contributed by atoms with Gasteiger partial charge in [-0.1, -0.05) is 29.3 Å².